The molecule has 0 aliphatic heterocycles. The van der Waals surface area contributed by atoms with Crippen molar-refractivity contribution in [3.63, 3.8) is 0 Å². The molecule has 5 aromatic carbocycles. The molecule has 1 aliphatic rings. The fourth-order valence-corrected chi connectivity index (χ4v) is 5.83. The van der Waals surface area contributed by atoms with Crippen molar-refractivity contribution in [2.45, 2.75) is 19.3 Å². The van der Waals surface area contributed by atoms with Crippen LogP contribution in [0.2, 0.25) is 0 Å². The minimum atomic E-state index is -0.181. The molecule has 7 rings (SSSR count). The number of fused-ring (bicyclic) bond motifs is 3. The maximum Gasteiger partial charge on any atom is 0.164 e. The van der Waals surface area contributed by atoms with Crippen molar-refractivity contribution in [3.05, 3.63) is 138 Å². The van der Waals surface area contributed by atoms with Gasteiger partial charge in [0.25, 0.3) is 0 Å². The Kier molecular flexibility index (Phi) is 5.80. The van der Waals surface area contributed by atoms with E-state index in [1.54, 1.807) is 0 Å². The van der Waals surface area contributed by atoms with Gasteiger partial charge in [0.2, 0.25) is 0 Å². The van der Waals surface area contributed by atoms with Crippen molar-refractivity contribution < 1.29 is 0 Å². The normalized spacial score (nSPS) is 12.8. The lowest BCUT2D eigenvalue weighted by Gasteiger charge is -2.21. The number of nitrogens with zero attached hydrogens (tertiary/aromatic N) is 4. The van der Waals surface area contributed by atoms with Gasteiger partial charge in [0, 0.05) is 22.1 Å². The number of hydrogen-bond donors (Lipinski definition) is 0. The fourth-order valence-electron chi connectivity index (χ4n) is 5.83. The molecular weight excluding hydrogens is 500 g/mol. The molecule has 6 aromatic rings. The van der Waals surface area contributed by atoms with Crippen LogP contribution in [0.1, 0.15) is 30.5 Å². The first-order valence-corrected chi connectivity index (χ1v) is 13.7. The number of nitriles is 1. The van der Waals surface area contributed by atoms with Gasteiger partial charge in [-0.1, -0.05) is 123 Å². The van der Waals surface area contributed by atoms with Gasteiger partial charge in [-0.05, 0) is 45.5 Å². The van der Waals surface area contributed by atoms with Crippen LogP contribution in [0.3, 0.4) is 0 Å². The lowest BCUT2D eigenvalue weighted by atomic mass is 9.81. The summed E-state index contributed by atoms with van der Waals surface area (Å²) < 4.78 is 0. The van der Waals surface area contributed by atoms with E-state index in [1.165, 1.54) is 27.8 Å². The Labute approximate surface area is 239 Å². The second kappa shape index (κ2) is 9.66. The molecule has 0 unspecified atom stereocenters. The summed E-state index contributed by atoms with van der Waals surface area (Å²) in [6.45, 7) is 4.47. The summed E-state index contributed by atoms with van der Waals surface area (Å²) in [4.78, 5) is 14.6. The van der Waals surface area contributed by atoms with Gasteiger partial charge in [-0.25, -0.2) is 15.0 Å². The largest absolute Gasteiger partial charge is 0.208 e. The molecule has 1 aromatic heterocycles. The third-order valence-corrected chi connectivity index (χ3v) is 7.98. The molecular formula is C37H26N4. The quantitative estimate of drug-likeness (QED) is 0.230. The number of benzene rings is 5. The summed E-state index contributed by atoms with van der Waals surface area (Å²) in [5.41, 5.74) is 10.6. The molecule has 0 N–H and O–H groups in total. The van der Waals surface area contributed by atoms with Crippen LogP contribution in [0.15, 0.2) is 121 Å². The van der Waals surface area contributed by atoms with Gasteiger partial charge in [0.05, 0.1) is 11.6 Å². The van der Waals surface area contributed by atoms with Crippen LogP contribution in [-0.4, -0.2) is 15.0 Å². The number of rotatable bonds is 4. The Morgan fingerprint density at radius 1 is 0.512 bits per heavy atom. The first-order valence-electron chi connectivity index (χ1n) is 13.7. The first kappa shape index (κ1) is 24.6. The van der Waals surface area contributed by atoms with Crippen LogP contribution in [-0.2, 0) is 5.41 Å². The van der Waals surface area contributed by atoms with E-state index >= 15 is 0 Å². The van der Waals surface area contributed by atoms with Crippen molar-refractivity contribution >= 4 is 0 Å². The Morgan fingerprint density at radius 3 is 1.61 bits per heavy atom. The zero-order chi connectivity index (χ0) is 28.0. The Balaban J connectivity index is 1.33. The van der Waals surface area contributed by atoms with Gasteiger partial charge in [-0.2, -0.15) is 5.26 Å². The first-order chi connectivity index (χ1) is 20.0. The molecule has 0 fully saturated rings. The zero-order valence-electron chi connectivity index (χ0n) is 22.8. The Morgan fingerprint density at radius 2 is 1.05 bits per heavy atom. The van der Waals surface area contributed by atoms with Gasteiger partial charge < -0.3 is 0 Å². The summed E-state index contributed by atoms with van der Waals surface area (Å²) in [5, 5.41) is 9.51. The minimum absolute atomic E-state index is 0.181. The van der Waals surface area contributed by atoms with E-state index < -0.39 is 0 Å². The van der Waals surface area contributed by atoms with Crippen molar-refractivity contribution in [2.75, 3.05) is 0 Å². The van der Waals surface area contributed by atoms with Crippen LogP contribution < -0.4 is 0 Å². The zero-order valence-corrected chi connectivity index (χ0v) is 22.8. The SMILES string of the molecule is CC1(C)c2cc(C#N)ccc2-c2c(-c3ccc(-c4nc(-c5ccccc5)nc(-c5ccccc5)n4)cc3)cccc21. The maximum absolute atomic E-state index is 9.51. The summed E-state index contributed by atoms with van der Waals surface area (Å²) in [6.07, 6.45) is 0. The van der Waals surface area contributed by atoms with E-state index in [1.807, 2.05) is 72.8 Å². The highest BCUT2D eigenvalue weighted by Gasteiger charge is 2.37. The molecule has 4 heteroatoms. The monoisotopic (exact) mass is 526 g/mol. The third-order valence-electron chi connectivity index (χ3n) is 7.98. The topological polar surface area (TPSA) is 62.5 Å². The van der Waals surface area contributed by atoms with Crippen LogP contribution in [0.25, 0.3) is 56.4 Å². The van der Waals surface area contributed by atoms with Gasteiger partial charge in [-0.15, -0.1) is 0 Å². The standard InChI is InChI=1S/C37H26N4/c1-37(2)31-15-9-14-29(33(31)30-21-16-24(23-38)22-32(30)37)25-17-19-28(20-18-25)36-40-34(26-10-5-3-6-11-26)39-35(41-36)27-12-7-4-8-13-27/h3-22H,1-2H3. The van der Waals surface area contributed by atoms with E-state index in [-0.39, 0.29) is 5.41 Å². The molecule has 1 heterocycles. The smallest absolute Gasteiger partial charge is 0.164 e. The summed E-state index contributed by atoms with van der Waals surface area (Å²) in [7, 11) is 0. The van der Waals surface area contributed by atoms with Crippen LogP contribution in [0, 0.1) is 11.3 Å². The molecule has 41 heavy (non-hydrogen) atoms. The van der Waals surface area contributed by atoms with Gasteiger partial charge in [0.15, 0.2) is 17.5 Å². The van der Waals surface area contributed by atoms with Crippen molar-refractivity contribution in [3.8, 4) is 62.5 Å². The average Bonchev–Trinajstić information content (AvgIpc) is 3.27. The van der Waals surface area contributed by atoms with Gasteiger partial charge in [0.1, 0.15) is 0 Å². The predicted molar refractivity (Wildman–Crippen MR) is 164 cm³/mol. The highest BCUT2D eigenvalue weighted by Crippen LogP contribution is 2.52. The van der Waals surface area contributed by atoms with E-state index in [2.05, 4.69) is 68.4 Å². The molecule has 0 amide bonds. The molecule has 194 valence electrons. The predicted octanol–water partition coefficient (Wildman–Crippen LogP) is 8.72. The minimum Gasteiger partial charge on any atom is -0.208 e. The Hall–Kier alpha value is -5.40. The molecule has 0 saturated heterocycles. The molecule has 4 nitrogen and oxygen atoms in total. The van der Waals surface area contributed by atoms with E-state index in [4.69, 9.17) is 15.0 Å². The van der Waals surface area contributed by atoms with E-state index in [0.29, 0.717) is 23.0 Å². The summed E-state index contributed by atoms with van der Waals surface area (Å²) in [6, 6.07) is 43.4. The fraction of sp³-hybridized carbons (Fsp3) is 0.0811. The number of aromatic nitrogens is 3. The second-order valence-corrected chi connectivity index (χ2v) is 10.8. The Bertz CT molecular complexity index is 1890. The van der Waals surface area contributed by atoms with Gasteiger partial charge >= 0.3 is 0 Å². The van der Waals surface area contributed by atoms with Crippen molar-refractivity contribution in [1.29, 1.82) is 5.26 Å². The van der Waals surface area contributed by atoms with Crippen molar-refractivity contribution in [1.82, 2.24) is 15.0 Å². The molecule has 1 aliphatic carbocycles. The highest BCUT2D eigenvalue weighted by atomic mass is 15.0. The van der Waals surface area contributed by atoms with E-state index in [0.717, 1.165) is 22.3 Å². The second-order valence-electron chi connectivity index (χ2n) is 10.8. The van der Waals surface area contributed by atoms with Crippen LogP contribution in [0.5, 0.6) is 0 Å². The van der Waals surface area contributed by atoms with Gasteiger partial charge in [-0.3, -0.25) is 0 Å². The van der Waals surface area contributed by atoms with Crippen molar-refractivity contribution in [2.24, 2.45) is 0 Å². The van der Waals surface area contributed by atoms with E-state index in [9.17, 15) is 5.26 Å². The molecule has 0 atom stereocenters. The van der Waals surface area contributed by atoms with Crippen LogP contribution >= 0.6 is 0 Å². The summed E-state index contributed by atoms with van der Waals surface area (Å²) in [5.74, 6) is 1.93. The lowest BCUT2D eigenvalue weighted by Crippen LogP contribution is -2.15. The molecule has 0 bridgehead atoms. The third kappa shape index (κ3) is 4.20. The maximum atomic E-state index is 9.51. The molecule has 0 saturated carbocycles. The average molecular weight is 527 g/mol. The summed E-state index contributed by atoms with van der Waals surface area (Å²) >= 11 is 0. The highest BCUT2D eigenvalue weighted by molar-refractivity contribution is 5.93. The number of hydrogen-bond acceptors (Lipinski definition) is 4. The molecule has 0 spiro atoms. The lowest BCUT2D eigenvalue weighted by molar-refractivity contribution is 0.660. The molecule has 0 radical (unpaired) electrons. The van der Waals surface area contributed by atoms with Crippen LogP contribution in [0.4, 0.5) is 0 Å².